The zero-order valence-corrected chi connectivity index (χ0v) is 19.1. The van der Waals surface area contributed by atoms with E-state index in [4.69, 9.17) is 9.47 Å². The highest BCUT2D eigenvalue weighted by Crippen LogP contribution is 2.24. The predicted molar refractivity (Wildman–Crippen MR) is 119 cm³/mol. The summed E-state index contributed by atoms with van der Waals surface area (Å²) in [6, 6.07) is 8.06. The highest BCUT2D eigenvalue weighted by molar-refractivity contribution is 5.77. The lowest BCUT2D eigenvalue weighted by Crippen LogP contribution is -2.34. The van der Waals surface area contributed by atoms with Gasteiger partial charge < -0.3 is 19.4 Å². The van der Waals surface area contributed by atoms with Gasteiger partial charge in [0.05, 0.1) is 12.6 Å². The van der Waals surface area contributed by atoms with Crippen molar-refractivity contribution in [2.45, 2.75) is 52.7 Å². The summed E-state index contributed by atoms with van der Waals surface area (Å²) in [5.41, 5.74) is 1.20. The Labute approximate surface area is 184 Å². The van der Waals surface area contributed by atoms with Crippen molar-refractivity contribution in [3.8, 4) is 5.75 Å². The number of nitrogens with zero attached hydrogens (tertiary/aromatic N) is 4. The predicted octanol–water partition coefficient (Wildman–Crippen LogP) is 2.58. The third-order valence-electron chi connectivity index (χ3n) is 5.44. The molecule has 3 rings (SSSR count). The molecule has 0 spiro atoms. The average Bonchev–Trinajstić information content (AvgIpc) is 3.03. The molecule has 170 valence electrons. The summed E-state index contributed by atoms with van der Waals surface area (Å²) < 4.78 is 13.0. The van der Waals surface area contributed by atoms with Crippen LogP contribution in [-0.2, 0) is 29.0 Å². The molecule has 0 fully saturated rings. The van der Waals surface area contributed by atoms with Crippen LogP contribution in [0, 0.1) is 5.92 Å². The van der Waals surface area contributed by atoms with Gasteiger partial charge in [-0.1, -0.05) is 32.0 Å². The minimum atomic E-state index is -0.172. The Bertz CT molecular complexity index is 851. The van der Waals surface area contributed by atoms with Crippen LogP contribution in [0.1, 0.15) is 50.4 Å². The molecule has 2 aromatic rings. The van der Waals surface area contributed by atoms with E-state index in [-0.39, 0.29) is 18.6 Å². The Hall–Kier alpha value is -2.45. The molecule has 0 bridgehead atoms. The fourth-order valence-electron chi connectivity index (χ4n) is 4.04. The lowest BCUT2D eigenvalue weighted by atomic mass is 10.0. The number of aromatic nitrogens is 3. The quantitative estimate of drug-likeness (QED) is 0.625. The Morgan fingerprint density at radius 1 is 1.19 bits per heavy atom. The van der Waals surface area contributed by atoms with E-state index in [1.807, 2.05) is 19.1 Å². The van der Waals surface area contributed by atoms with Gasteiger partial charge in [-0.25, -0.2) is 0 Å². The van der Waals surface area contributed by atoms with Crippen LogP contribution < -0.4 is 10.1 Å². The highest BCUT2D eigenvalue weighted by Gasteiger charge is 2.26. The second-order valence-electron chi connectivity index (χ2n) is 8.38. The van der Waals surface area contributed by atoms with Gasteiger partial charge in [-0.15, -0.1) is 10.2 Å². The van der Waals surface area contributed by atoms with Crippen molar-refractivity contribution in [3.63, 3.8) is 0 Å². The number of amides is 1. The number of hydrogen-bond acceptors (Lipinski definition) is 6. The summed E-state index contributed by atoms with van der Waals surface area (Å²) in [4.78, 5) is 14.6. The van der Waals surface area contributed by atoms with E-state index in [2.05, 4.69) is 51.0 Å². The van der Waals surface area contributed by atoms with Crippen LogP contribution in [0.4, 0.5) is 0 Å². The number of fused-ring (bicyclic) bond motifs is 1. The van der Waals surface area contributed by atoms with Crippen molar-refractivity contribution in [1.82, 2.24) is 25.0 Å². The van der Waals surface area contributed by atoms with E-state index in [9.17, 15) is 4.79 Å². The standard InChI is InChI=1S/C23H35N5O3/c1-5-31-20-9-7-6-8-18(20)15-27-11-10-21-25-26-23(28(21)13-12-27)19(14-17(2)3)24-22(29)16-30-4/h6-9,17,19H,5,10-16H2,1-4H3,(H,24,29). The van der Waals surface area contributed by atoms with Crippen molar-refractivity contribution in [2.75, 3.05) is 33.4 Å². The monoisotopic (exact) mass is 429 g/mol. The number of rotatable bonds is 10. The molecule has 1 aromatic heterocycles. The van der Waals surface area contributed by atoms with Crippen molar-refractivity contribution >= 4 is 5.91 Å². The van der Waals surface area contributed by atoms with Crippen LogP contribution in [0.5, 0.6) is 5.75 Å². The summed E-state index contributed by atoms with van der Waals surface area (Å²) in [5, 5.41) is 12.0. The number of nitrogens with one attached hydrogen (secondary N) is 1. The molecule has 0 radical (unpaired) electrons. The Morgan fingerprint density at radius 3 is 2.74 bits per heavy atom. The van der Waals surface area contributed by atoms with E-state index in [0.29, 0.717) is 12.5 Å². The van der Waals surface area contributed by atoms with Crippen molar-refractivity contribution in [2.24, 2.45) is 5.92 Å². The molecule has 31 heavy (non-hydrogen) atoms. The molecular weight excluding hydrogens is 394 g/mol. The number of methoxy groups -OCH3 is 1. The Morgan fingerprint density at radius 2 is 2.00 bits per heavy atom. The number of benzene rings is 1. The number of carbonyl (C=O) groups is 1. The molecule has 1 N–H and O–H groups in total. The first-order chi connectivity index (χ1) is 15.0. The second-order valence-corrected chi connectivity index (χ2v) is 8.38. The van der Waals surface area contributed by atoms with Crippen LogP contribution in [0.3, 0.4) is 0 Å². The molecule has 8 heteroatoms. The number of ether oxygens (including phenoxy) is 2. The molecule has 1 atom stereocenters. The van der Waals surface area contributed by atoms with Gasteiger partial charge in [-0.3, -0.25) is 9.69 Å². The SMILES string of the molecule is CCOc1ccccc1CN1CCc2nnc(C(CC(C)C)NC(=O)COC)n2CC1. The lowest BCUT2D eigenvalue weighted by molar-refractivity contribution is -0.125. The minimum Gasteiger partial charge on any atom is -0.494 e. The normalized spacial score (nSPS) is 15.4. The minimum absolute atomic E-state index is 0.0443. The molecule has 1 aliphatic rings. The first-order valence-electron chi connectivity index (χ1n) is 11.1. The highest BCUT2D eigenvalue weighted by atomic mass is 16.5. The molecule has 1 aliphatic heterocycles. The maximum Gasteiger partial charge on any atom is 0.246 e. The molecule has 0 aliphatic carbocycles. The van der Waals surface area contributed by atoms with Gasteiger partial charge in [0.15, 0.2) is 5.82 Å². The molecule has 0 saturated heterocycles. The maximum atomic E-state index is 12.2. The van der Waals surface area contributed by atoms with Gasteiger partial charge in [0, 0.05) is 45.3 Å². The zero-order chi connectivity index (χ0) is 22.2. The maximum absolute atomic E-state index is 12.2. The van der Waals surface area contributed by atoms with Gasteiger partial charge in [0.25, 0.3) is 0 Å². The Balaban J connectivity index is 1.72. The number of carbonyl (C=O) groups excluding carboxylic acids is 1. The van der Waals surface area contributed by atoms with Gasteiger partial charge >= 0.3 is 0 Å². The van der Waals surface area contributed by atoms with Crippen molar-refractivity contribution in [3.05, 3.63) is 41.5 Å². The topological polar surface area (TPSA) is 81.5 Å². The first-order valence-corrected chi connectivity index (χ1v) is 11.1. The molecule has 0 saturated carbocycles. The van der Waals surface area contributed by atoms with Gasteiger partial charge in [-0.2, -0.15) is 0 Å². The number of para-hydroxylation sites is 1. The lowest BCUT2D eigenvalue weighted by Gasteiger charge is -2.23. The molecule has 1 unspecified atom stereocenters. The smallest absolute Gasteiger partial charge is 0.246 e. The number of hydrogen-bond donors (Lipinski definition) is 1. The molecule has 2 heterocycles. The second kappa shape index (κ2) is 11.2. The molecule has 1 amide bonds. The summed E-state index contributed by atoms with van der Waals surface area (Å²) in [7, 11) is 1.53. The van der Waals surface area contributed by atoms with E-state index in [1.54, 1.807) is 0 Å². The van der Waals surface area contributed by atoms with Crippen LogP contribution in [0.2, 0.25) is 0 Å². The summed E-state index contributed by atoms with van der Waals surface area (Å²) in [6.07, 6.45) is 1.63. The van der Waals surface area contributed by atoms with Crippen LogP contribution in [-0.4, -0.2) is 59.0 Å². The molecule has 8 nitrogen and oxygen atoms in total. The van der Waals surface area contributed by atoms with Gasteiger partial charge in [0.2, 0.25) is 5.91 Å². The van der Waals surface area contributed by atoms with Crippen molar-refractivity contribution in [1.29, 1.82) is 0 Å². The fraction of sp³-hybridized carbons (Fsp3) is 0.609. The largest absolute Gasteiger partial charge is 0.494 e. The van der Waals surface area contributed by atoms with E-state index in [0.717, 1.165) is 56.4 Å². The first kappa shape index (κ1) is 23.2. The van der Waals surface area contributed by atoms with E-state index < -0.39 is 0 Å². The molecular formula is C23H35N5O3. The zero-order valence-electron chi connectivity index (χ0n) is 19.1. The summed E-state index contributed by atoms with van der Waals surface area (Å²) in [5.74, 6) is 3.05. The van der Waals surface area contributed by atoms with Gasteiger partial charge in [-0.05, 0) is 25.3 Å². The van der Waals surface area contributed by atoms with Gasteiger partial charge in [0.1, 0.15) is 18.2 Å². The third kappa shape index (κ3) is 6.27. The summed E-state index contributed by atoms with van der Waals surface area (Å²) in [6.45, 7) is 10.4. The molecule has 1 aromatic carbocycles. The van der Waals surface area contributed by atoms with E-state index in [1.165, 1.54) is 12.7 Å². The average molecular weight is 430 g/mol. The van der Waals surface area contributed by atoms with Crippen LogP contribution >= 0.6 is 0 Å². The van der Waals surface area contributed by atoms with Crippen molar-refractivity contribution < 1.29 is 14.3 Å². The Kier molecular flexibility index (Phi) is 8.43. The fourth-order valence-corrected chi connectivity index (χ4v) is 4.04. The van der Waals surface area contributed by atoms with E-state index >= 15 is 0 Å². The van der Waals surface area contributed by atoms with Crippen LogP contribution in [0.15, 0.2) is 24.3 Å². The van der Waals surface area contributed by atoms with Crippen LogP contribution in [0.25, 0.3) is 0 Å². The third-order valence-corrected chi connectivity index (χ3v) is 5.44. The summed E-state index contributed by atoms with van der Waals surface area (Å²) >= 11 is 0.